The fourth-order valence-electron chi connectivity index (χ4n) is 2.19. The highest BCUT2D eigenvalue weighted by Gasteiger charge is 2.23. The smallest absolute Gasteiger partial charge is 0.220 e. The number of carbonyl (C=O) groups excluding carboxylic acids is 1. The highest BCUT2D eigenvalue weighted by atomic mass is 16.1. The number of hydrogen-bond donors (Lipinski definition) is 2. The molecular weight excluding hydrogens is 190 g/mol. The van der Waals surface area contributed by atoms with Gasteiger partial charge in [-0.15, -0.1) is 0 Å². The molecule has 2 rings (SSSR count). The van der Waals surface area contributed by atoms with Crippen LogP contribution in [0.1, 0.15) is 19.3 Å². The second-order valence-electron chi connectivity index (χ2n) is 4.87. The fourth-order valence-corrected chi connectivity index (χ4v) is 2.19. The molecule has 0 saturated carbocycles. The first-order chi connectivity index (χ1) is 7.24. The number of hydrogen-bond acceptors (Lipinski definition) is 3. The Morgan fingerprint density at radius 1 is 1.40 bits per heavy atom. The van der Waals surface area contributed by atoms with Gasteiger partial charge in [0.2, 0.25) is 5.91 Å². The van der Waals surface area contributed by atoms with Crippen molar-refractivity contribution in [2.75, 3.05) is 33.2 Å². The number of amides is 1. The molecule has 2 N–H and O–H groups in total. The van der Waals surface area contributed by atoms with Crippen LogP contribution in [0, 0.1) is 5.92 Å². The Bertz CT molecular complexity index is 220. The maximum Gasteiger partial charge on any atom is 0.220 e. The van der Waals surface area contributed by atoms with E-state index >= 15 is 0 Å². The molecule has 2 fully saturated rings. The molecule has 0 spiro atoms. The zero-order valence-electron chi connectivity index (χ0n) is 9.46. The van der Waals surface area contributed by atoms with Crippen LogP contribution in [0.2, 0.25) is 0 Å². The van der Waals surface area contributed by atoms with E-state index < -0.39 is 0 Å². The van der Waals surface area contributed by atoms with Crippen molar-refractivity contribution in [1.82, 2.24) is 15.5 Å². The first-order valence-electron chi connectivity index (χ1n) is 5.92. The van der Waals surface area contributed by atoms with Gasteiger partial charge >= 0.3 is 0 Å². The van der Waals surface area contributed by atoms with Crippen LogP contribution in [0.5, 0.6) is 0 Å². The highest BCUT2D eigenvalue weighted by Crippen LogP contribution is 2.11. The lowest BCUT2D eigenvalue weighted by Gasteiger charge is -2.31. The van der Waals surface area contributed by atoms with Gasteiger partial charge in [-0.05, 0) is 52.0 Å². The zero-order valence-corrected chi connectivity index (χ0v) is 9.46. The van der Waals surface area contributed by atoms with Crippen molar-refractivity contribution >= 4 is 5.91 Å². The van der Waals surface area contributed by atoms with Crippen LogP contribution in [0.4, 0.5) is 0 Å². The van der Waals surface area contributed by atoms with E-state index in [2.05, 4.69) is 22.6 Å². The molecule has 4 heteroatoms. The molecule has 2 heterocycles. The van der Waals surface area contributed by atoms with Gasteiger partial charge in [-0.1, -0.05) is 0 Å². The van der Waals surface area contributed by atoms with E-state index in [1.807, 2.05) is 0 Å². The van der Waals surface area contributed by atoms with Crippen LogP contribution in [-0.2, 0) is 4.79 Å². The average Bonchev–Trinajstić information content (AvgIpc) is 2.16. The van der Waals surface area contributed by atoms with E-state index in [9.17, 15) is 4.79 Å². The number of likely N-dealkylation sites (tertiary alicyclic amines) is 1. The van der Waals surface area contributed by atoms with Crippen LogP contribution >= 0.6 is 0 Å². The third kappa shape index (κ3) is 3.18. The Labute approximate surface area is 91.4 Å². The SMILES string of the molecule is CN1CCC(NC(=O)CC2CNC2)CC1. The second-order valence-corrected chi connectivity index (χ2v) is 4.87. The summed E-state index contributed by atoms with van der Waals surface area (Å²) < 4.78 is 0. The highest BCUT2D eigenvalue weighted by molar-refractivity contribution is 5.76. The topological polar surface area (TPSA) is 44.4 Å². The molecule has 0 bridgehead atoms. The van der Waals surface area contributed by atoms with E-state index in [-0.39, 0.29) is 5.91 Å². The zero-order chi connectivity index (χ0) is 10.7. The first-order valence-corrected chi connectivity index (χ1v) is 5.92. The predicted octanol–water partition coefficient (Wildman–Crippen LogP) is -0.194. The van der Waals surface area contributed by atoms with Gasteiger partial charge in [0.1, 0.15) is 0 Å². The summed E-state index contributed by atoms with van der Waals surface area (Å²) >= 11 is 0. The number of carbonyl (C=O) groups is 1. The van der Waals surface area contributed by atoms with Gasteiger partial charge in [0, 0.05) is 12.5 Å². The van der Waals surface area contributed by atoms with Gasteiger partial charge in [-0.25, -0.2) is 0 Å². The van der Waals surface area contributed by atoms with Crippen molar-refractivity contribution in [2.45, 2.75) is 25.3 Å². The Morgan fingerprint density at radius 3 is 2.60 bits per heavy atom. The largest absolute Gasteiger partial charge is 0.353 e. The van der Waals surface area contributed by atoms with Crippen molar-refractivity contribution in [3.05, 3.63) is 0 Å². The van der Waals surface area contributed by atoms with Gasteiger partial charge in [0.15, 0.2) is 0 Å². The minimum absolute atomic E-state index is 0.246. The molecule has 0 unspecified atom stereocenters. The van der Waals surface area contributed by atoms with E-state index in [0.717, 1.165) is 39.0 Å². The first kappa shape index (κ1) is 10.9. The average molecular weight is 211 g/mol. The lowest BCUT2D eigenvalue weighted by molar-refractivity contribution is -0.123. The van der Waals surface area contributed by atoms with E-state index in [1.54, 1.807) is 0 Å². The summed E-state index contributed by atoms with van der Waals surface area (Å²) in [7, 11) is 2.14. The van der Waals surface area contributed by atoms with Gasteiger partial charge < -0.3 is 15.5 Å². The van der Waals surface area contributed by atoms with Gasteiger partial charge in [0.05, 0.1) is 0 Å². The van der Waals surface area contributed by atoms with E-state index in [1.165, 1.54) is 0 Å². The summed E-state index contributed by atoms with van der Waals surface area (Å²) in [5, 5.41) is 6.33. The van der Waals surface area contributed by atoms with Gasteiger partial charge in [-0.3, -0.25) is 4.79 Å². The van der Waals surface area contributed by atoms with Crippen LogP contribution in [-0.4, -0.2) is 50.1 Å². The Balaban J connectivity index is 1.64. The maximum atomic E-state index is 11.6. The molecular formula is C11H21N3O. The Hall–Kier alpha value is -0.610. The number of nitrogens with zero attached hydrogens (tertiary/aromatic N) is 1. The lowest BCUT2D eigenvalue weighted by Crippen LogP contribution is -2.47. The molecule has 0 radical (unpaired) electrons. The molecule has 2 aliphatic heterocycles. The Morgan fingerprint density at radius 2 is 2.07 bits per heavy atom. The molecule has 0 aliphatic carbocycles. The fraction of sp³-hybridized carbons (Fsp3) is 0.909. The maximum absolute atomic E-state index is 11.6. The molecule has 2 aliphatic rings. The summed E-state index contributed by atoms with van der Waals surface area (Å²) in [6.07, 6.45) is 2.91. The normalized spacial score (nSPS) is 24.9. The molecule has 1 amide bonds. The summed E-state index contributed by atoms with van der Waals surface area (Å²) in [5.74, 6) is 0.826. The van der Waals surface area contributed by atoms with Crippen molar-refractivity contribution in [2.24, 2.45) is 5.92 Å². The second kappa shape index (κ2) is 4.94. The summed E-state index contributed by atoms with van der Waals surface area (Å²) in [6, 6.07) is 0.418. The quantitative estimate of drug-likeness (QED) is 0.680. The molecule has 4 nitrogen and oxygen atoms in total. The monoisotopic (exact) mass is 211 g/mol. The Kier molecular flexibility index (Phi) is 3.59. The third-order valence-corrected chi connectivity index (χ3v) is 3.42. The molecule has 0 aromatic rings. The number of rotatable bonds is 3. The molecule has 15 heavy (non-hydrogen) atoms. The summed E-state index contributed by atoms with van der Waals surface area (Å²) in [4.78, 5) is 14.0. The van der Waals surface area contributed by atoms with Crippen LogP contribution in [0.25, 0.3) is 0 Å². The van der Waals surface area contributed by atoms with Crippen molar-refractivity contribution in [1.29, 1.82) is 0 Å². The number of nitrogens with one attached hydrogen (secondary N) is 2. The van der Waals surface area contributed by atoms with Crippen molar-refractivity contribution < 1.29 is 4.79 Å². The van der Waals surface area contributed by atoms with Crippen LogP contribution in [0.15, 0.2) is 0 Å². The minimum atomic E-state index is 0.246. The van der Waals surface area contributed by atoms with Gasteiger partial charge in [0.25, 0.3) is 0 Å². The van der Waals surface area contributed by atoms with Gasteiger partial charge in [-0.2, -0.15) is 0 Å². The van der Waals surface area contributed by atoms with Crippen LogP contribution < -0.4 is 10.6 Å². The molecule has 86 valence electrons. The summed E-state index contributed by atoms with van der Waals surface area (Å²) in [6.45, 7) is 4.24. The minimum Gasteiger partial charge on any atom is -0.353 e. The van der Waals surface area contributed by atoms with Crippen molar-refractivity contribution in [3.8, 4) is 0 Å². The molecule has 0 aromatic heterocycles. The molecule has 0 atom stereocenters. The van der Waals surface area contributed by atoms with E-state index in [0.29, 0.717) is 18.4 Å². The molecule has 2 saturated heterocycles. The van der Waals surface area contributed by atoms with Crippen LogP contribution in [0.3, 0.4) is 0 Å². The number of piperidine rings is 1. The lowest BCUT2D eigenvalue weighted by atomic mass is 9.98. The standard InChI is InChI=1S/C11H21N3O/c1-14-4-2-10(3-5-14)13-11(15)6-9-7-12-8-9/h9-10,12H,2-8H2,1H3,(H,13,15). The third-order valence-electron chi connectivity index (χ3n) is 3.42. The van der Waals surface area contributed by atoms with Crippen molar-refractivity contribution in [3.63, 3.8) is 0 Å². The predicted molar refractivity (Wildman–Crippen MR) is 59.6 cm³/mol. The molecule has 0 aromatic carbocycles. The van der Waals surface area contributed by atoms with E-state index in [4.69, 9.17) is 0 Å². The summed E-state index contributed by atoms with van der Waals surface area (Å²) in [5.41, 5.74) is 0.